The van der Waals surface area contributed by atoms with Crippen LogP contribution in [0.25, 0.3) is 11.1 Å². The number of amides is 1. The zero-order chi connectivity index (χ0) is 14.0. The summed E-state index contributed by atoms with van der Waals surface area (Å²) in [4.78, 5) is 15.9. The second-order valence-electron chi connectivity index (χ2n) is 4.35. The molecule has 0 aliphatic heterocycles. The molecule has 3 nitrogen and oxygen atoms in total. The molecule has 0 atom stereocenters. The molecule has 0 fully saturated rings. The number of hydrogen-bond acceptors (Lipinski definition) is 2. The highest BCUT2D eigenvalue weighted by Gasteiger charge is 2.15. The topological polar surface area (TPSA) is 56.0 Å². The van der Waals surface area contributed by atoms with Gasteiger partial charge in [0, 0.05) is 5.69 Å². The highest BCUT2D eigenvalue weighted by molar-refractivity contribution is 6.00. The number of pyridine rings is 1. The number of nitrogens with two attached hydrogens (primary N) is 1. The van der Waals surface area contributed by atoms with Crippen molar-refractivity contribution in [3.8, 4) is 11.1 Å². The molecule has 4 heteroatoms. The lowest BCUT2D eigenvalue weighted by molar-refractivity contribution is 0.1000. The number of halogens is 1. The number of carbonyl (C=O) groups excluding carboxylic acids is 1. The Balaban J connectivity index is 2.68. The Labute approximate surface area is 111 Å². The minimum atomic E-state index is -0.521. The number of aryl methyl sites for hydroxylation is 2. The maximum absolute atomic E-state index is 13.0. The molecule has 0 aliphatic rings. The second-order valence-corrected chi connectivity index (χ2v) is 4.35. The van der Waals surface area contributed by atoms with E-state index in [0.717, 1.165) is 17.7 Å². The number of nitrogens with zero attached hydrogens (tertiary/aromatic N) is 1. The summed E-state index contributed by atoms with van der Waals surface area (Å²) in [6.45, 7) is 3.74. The summed E-state index contributed by atoms with van der Waals surface area (Å²) in [7, 11) is 0. The van der Waals surface area contributed by atoms with Crippen LogP contribution in [0.3, 0.4) is 0 Å². The van der Waals surface area contributed by atoms with E-state index in [1.807, 2.05) is 13.0 Å². The first-order chi connectivity index (χ1) is 9.02. The Kier molecular flexibility index (Phi) is 3.60. The molecule has 1 amide bonds. The standard InChI is InChI=1S/C15H15FN2O/c1-3-12-8-13(10-4-6-11(16)7-5-10)14(15(17)19)9(2)18-12/h4-8H,3H2,1-2H3,(H2,17,19). The van der Waals surface area contributed by atoms with Gasteiger partial charge in [-0.05, 0) is 42.7 Å². The predicted octanol–water partition coefficient (Wildman–Crippen LogP) is 2.86. The molecule has 1 aromatic heterocycles. The molecule has 0 unspecified atom stereocenters. The Morgan fingerprint density at radius 2 is 1.95 bits per heavy atom. The molecule has 1 aromatic carbocycles. The minimum absolute atomic E-state index is 0.314. The fourth-order valence-electron chi connectivity index (χ4n) is 2.09. The third-order valence-corrected chi connectivity index (χ3v) is 3.02. The molecule has 2 aromatic rings. The van der Waals surface area contributed by atoms with Gasteiger partial charge in [-0.3, -0.25) is 9.78 Å². The largest absolute Gasteiger partial charge is 0.366 e. The normalized spacial score (nSPS) is 10.5. The summed E-state index contributed by atoms with van der Waals surface area (Å²) >= 11 is 0. The predicted molar refractivity (Wildman–Crippen MR) is 72.3 cm³/mol. The van der Waals surface area contributed by atoms with Crippen LogP contribution in [0, 0.1) is 12.7 Å². The van der Waals surface area contributed by atoms with E-state index >= 15 is 0 Å². The Hall–Kier alpha value is -2.23. The maximum atomic E-state index is 13.0. The highest BCUT2D eigenvalue weighted by Crippen LogP contribution is 2.26. The summed E-state index contributed by atoms with van der Waals surface area (Å²) in [5, 5.41) is 0. The van der Waals surface area contributed by atoms with E-state index in [1.54, 1.807) is 19.1 Å². The van der Waals surface area contributed by atoms with Gasteiger partial charge in [0.2, 0.25) is 0 Å². The van der Waals surface area contributed by atoms with Gasteiger partial charge in [-0.1, -0.05) is 19.1 Å². The van der Waals surface area contributed by atoms with Crippen molar-refractivity contribution in [3.63, 3.8) is 0 Å². The first kappa shape index (κ1) is 13.2. The van der Waals surface area contributed by atoms with Crippen molar-refractivity contribution in [2.75, 3.05) is 0 Å². The van der Waals surface area contributed by atoms with Crippen molar-refractivity contribution in [2.24, 2.45) is 5.73 Å². The number of aromatic nitrogens is 1. The maximum Gasteiger partial charge on any atom is 0.251 e. The summed E-state index contributed by atoms with van der Waals surface area (Å²) in [5.41, 5.74) is 8.76. The lowest BCUT2D eigenvalue weighted by Gasteiger charge is -2.11. The summed E-state index contributed by atoms with van der Waals surface area (Å²) in [6, 6.07) is 7.83. The van der Waals surface area contributed by atoms with Crippen LogP contribution in [0.4, 0.5) is 4.39 Å². The van der Waals surface area contributed by atoms with Gasteiger partial charge >= 0.3 is 0 Å². The molecular weight excluding hydrogens is 243 g/mol. The van der Waals surface area contributed by atoms with Crippen molar-refractivity contribution in [1.82, 2.24) is 4.98 Å². The van der Waals surface area contributed by atoms with Gasteiger partial charge in [0.15, 0.2) is 0 Å². The minimum Gasteiger partial charge on any atom is -0.366 e. The fourth-order valence-corrected chi connectivity index (χ4v) is 2.09. The SMILES string of the molecule is CCc1cc(-c2ccc(F)cc2)c(C(N)=O)c(C)n1. The van der Waals surface area contributed by atoms with Crippen LogP contribution < -0.4 is 5.73 Å². The van der Waals surface area contributed by atoms with Crippen LogP contribution in [-0.4, -0.2) is 10.9 Å². The molecule has 0 radical (unpaired) electrons. The van der Waals surface area contributed by atoms with Crippen molar-refractivity contribution >= 4 is 5.91 Å². The molecule has 0 bridgehead atoms. The zero-order valence-corrected chi connectivity index (χ0v) is 10.9. The molecule has 0 saturated carbocycles. The van der Waals surface area contributed by atoms with E-state index in [-0.39, 0.29) is 5.82 Å². The lowest BCUT2D eigenvalue weighted by Crippen LogP contribution is -2.16. The van der Waals surface area contributed by atoms with Crippen LogP contribution in [0.2, 0.25) is 0 Å². The summed E-state index contributed by atoms with van der Waals surface area (Å²) in [5.74, 6) is -0.835. The number of carbonyl (C=O) groups is 1. The molecule has 19 heavy (non-hydrogen) atoms. The molecule has 0 aliphatic carbocycles. The van der Waals surface area contributed by atoms with E-state index in [1.165, 1.54) is 12.1 Å². The summed E-state index contributed by atoms with van der Waals surface area (Å²) in [6.07, 6.45) is 0.758. The van der Waals surface area contributed by atoms with Gasteiger partial charge < -0.3 is 5.73 Å². The third kappa shape index (κ3) is 2.62. The van der Waals surface area contributed by atoms with Crippen LogP contribution in [0.15, 0.2) is 30.3 Å². The number of benzene rings is 1. The van der Waals surface area contributed by atoms with E-state index < -0.39 is 5.91 Å². The molecule has 0 spiro atoms. The Morgan fingerprint density at radius 1 is 1.32 bits per heavy atom. The molecule has 0 saturated heterocycles. The molecule has 2 N–H and O–H groups in total. The quantitative estimate of drug-likeness (QED) is 0.920. The monoisotopic (exact) mass is 258 g/mol. The molecule has 2 rings (SSSR count). The van der Waals surface area contributed by atoms with E-state index in [2.05, 4.69) is 4.98 Å². The van der Waals surface area contributed by atoms with Crippen molar-refractivity contribution in [3.05, 3.63) is 53.1 Å². The molecular formula is C15H15FN2O. The number of primary amides is 1. The smallest absolute Gasteiger partial charge is 0.251 e. The van der Waals surface area contributed by atoms with Crippen LogP contribution in [0.1, 0.15) is 28.7 Å². The van der Waals surface area contributed by atoms with E-state index in [4.69, 9.17) is 5.73 Å². The summed E-state index contributed by atoms with van der Waals surface area (Å²) < 4.78 is 13.0. The number of hydrogen-bond donors (Lipinski definition) is 1. The molecule has 98 valence electrons. The van der Waals surface area contributed by atoms with Gasteiger partial charge in [-0.15, -0.1) is 0 Å². The van der Waals surface area contributed by atoms with Gasteiger partial charge in [0.25, 0.3) is 5.91 Å². The van der Waals surface area contributed by atoms with Gasteiger partial charge in [-0.2, -0.15) is 0 Å². The van der Waals surface area contributed by atoms with E-state index in [9.17, 15) is 9.18 Å². The Bertz CT molecular complexity index is 621. The first-order valence-corrected chi connectivity index (χ1v) is 6.09. The highest BCUT2D eigenvalue weighted by atomic mass is 19.1. The average Bonchev–Trinajstić information content (AvgIpc) is 2.38. The van der Waals surface area contributed by atoms with Crippen LogP contribution >= 0.6 is 0 Å². The number of rotatable bonds is 3. The first-order valence-electron chi connectivity index (χ1n) is 6.09. The third-order valence-electron chi connectivity index (χ3n) is 3.02. The molecule has 1 heterocycles. The van der Waals surface area contributed by atoms with Gasteiger partial charge in [0.1, 0.15) is 5.82 Å². The van der Waals surface area contributed by atoms with E-state index in [0.29, 0.717) is 16.8 Å². The van der Waals surface area contributed by atoms with Crippen molar-refractivity contribution < 1.29 is 9.18 Å². The average molecular weight is 258 g/mol. The zero-order valence-electron chi connectivity index (χ0n) is 10.9. The van der Waals surface area contributed by atoms with Gasteiger partial charge in [-0.25, -0.2) is 4.39 Å². The lowest BCUT2D eigenvalue weighted by atomic mass is 9.97. The second kappa shape index (κ2) is 5.18. The Morgan fingerprint density at radius 3 is 2.47 bits per heavy atom. The van der Waals surface area contributed by atoms with Crippen LogP contribution in [-0.2, 0) is 6.42 Å². The van der Waals surface area contributed by atoms with Crippen molar-refractivity contribution in [1.29, 1.82) is 0 Å². The van der Waals surface area contributed by atoms with Gasteiger partial charge in [0.05, 0.1) is 11.3 Å². The fraction of sp³-hybridized carbons (Fsp3) is 0.200. The van der Waals surface area contributed by atoms with Crippen molar-refractivity contribution in [2.45, 2.75) is 20.3 Å². The van der Waals surface area contributed by atoms with Crippen LogP contribution in [0.5, 0.6) is 0 Å².